The highest BCUT2D eigenvalue weighted by Gasteiger charge is 2.27. The number of hydrogen-bond donors (Lipinski definition) is 2. The van der Waals surface area contributed by atoms with Crippen molar-refractivity contribution in [3.8, 4) is 0 Å². The van der Waals surface area contributed by atoms with Crippen molar-refractivity contribution in [1.82, 2.24) is 10.9 Å². The molecule has 0 radical (unpaired) electrons. The Kier molecular flexibility index (Phi) is 8.12. The van der Waals surface area contributed by atoms with Crippen molar-refractivity contribution in [3.63, 3.8) is 0 Å². The number of benzene rings is 1. The summed E-state index contributed by atoms with van der Waals surface area (Å²) in [7, 11) is 0. The van der Waals surface area contributed by atoms with E-state index in [0.29, 0.717) is 5.56 Å². The van der Waals surface area contributed by atoms with Crippen molar-refractivity contribution in [2.45, 2.75) is 51.9 Å². The van der Waals surface area contributed by atoms with Crippen molar-refractivity contribution >= 4 is 17.8 Å². The van der Waals surface area contributed by atoms with E-state index in [1.807, 2.05) is 0 Å². The molecule has 1 aliphatic carbocycles. The lowest BCUT2D eigenvalue weighted by Gasteiger charge is -2.27. The van der Waals surface area contributed by atoms with Gasteiger partial charge in [-0.15, -0.1) is 0 Å². The molecule has 2 rings (SSSR count). The van der Waals surface area contributed by atoms with Crippen LogP contribution in [0.2, 0.25) is 0 Å². The van der Waals surface area contributed by atoms with Gasteiger partial charge in [0.2, 0.25) is 0 Å². The summed E-state index contributed by atoms with van der Waals surface area (Å²) in [5, 5.41) is 0. The fourth-order valence-electron chi connectivity index (χ4n) is 3.26. The number of carbonyl (C=O) groups is 3. The molecule has 1 aromatic carbocycles. The van der Waals surface area contributed by atoms with Gasteiger partial charge in [-0.05, 0) is 43.7 Å². The van der Waals surface area contributed by atoms with E-state index >= 15 is 0 Å². The fourth-order valence-corrected chi connectivity index (χ4v) is 3.26. The average Bonchev–Trinajstić information content (AvgIpc) is 2.69. The SMILES string of the molecule is CCCCC1CCC(C(=O)OCC(=O)NNC(=O)c2ccccc2)CC1. The molecule has 1 saturated carbocycles. The van der Waals surface area contributed by atoms with E-state index < -0.39 is 11.8 Å². The number of esters is 1. The van der Waals surface area contributed by atoms with Crippen LogP contribution in [0.25, 0.3) is 0 Å². The van der Waals surface area contributed by atoms with Gasteiger partial charge in [-0.1, -0.05) is 44.4 Å². The van der Waals surface area contributed by atoms with Crippen LogP contribution in [0, 0.1) is 11.8 Å². The van der Waals surface area contributed by atoms with E-state index in [9.17, 15) is 14.4 Å². The third-order valence-corrected chi connectivity index (χ3v) is 4.84. The molecule has 2 N–H and O–H groups in total. The molecule has 0 unspecified atom stereocenters. The average molecular weight is 360 g/mol. The first-order valence-electron chi connectivity index (χ1n) is 9.41. The lowest BCUT2D eigenvalue weighted by atomic mass is 9.80. The quantitative estimate of drug-likeness (QED) is 0.578. The van der Waals surface area contributed by atoms with Gasteiger partial charge in [0.1, 0.15) is 0 Å². The van der Waals surface area contributed by atoms with Gasteiger partial charge in [-0.3, -0.25) is 25.2 Å². The number of ether oxygens (including phenoxy) is 1. The van der Waals surface area contributed by atoms with E-state index in [2.05, 4.69) is 17.8 Å². The normalized spacial score (nSPS) is 19.4. The molecule has 1 aromatic rings. The summed E-state index contributed by atoms with van der Waals surface area (Å²) in [5.74, 6) is -0.687. The molecule has 2 amide bonds. The molecule has 6 nitrogen and oxygen atoms in total. The maximum atomic E-state index is 12.1. The van der Waals surface area contributed by atoms with Crippen LogP contribution in [0.5, 0.6) is 0 Å². The minimum atomic E-state index is -0.556. The van der Waals surface area contributed by atoms with E-state index in [-0.39, 0.29) is 18.5 Å². The highest BCUT2D eigenvalue weighted by molar-refractivity contribution is 5.95. The van der Waals surface area contributed by atoms with Crippen LogP contribution >= 0.6 is 0 Å². The predicted octanol–water partition coefficient (Wildman–Crippen LogP) is 2.99. The van der Waals surface area contributed by atoms with Gasteiger partial charge in [0, 0.05) is 5.56 Å². The van der Waals surface area contributed by atoms with Crippen molar-refractivity contribution in [2.24, 2.45) is 11.8 Å². The third kappa shape index (κ3) is 6.50. The Hall–Kier alpha value is -2.37. The number of unbranched alkanes of at least 4 members (excludes halogenated alkanes) is 1. The van der Waals surface area contributed by atoms with Crippen LogP contribution in [0.4, 0.5) is 0 Å². The van der Waals surface area contributed by atoms with E-state index in [4.69, 9.17) is 4.74 Å². The highest BCUT2D eigenvalue weighted by Crippen LogP contribution is 2.32. The molecule has 0 aromatic heterocycles. The molecule has 1 fully saturated rings. The maximum absolute atomic E-state index is 12.1. The van der Waals surface area contributed by atoms with Crippen LogP contribution in [0.15, 0.2) is 30.3 Å². The first-order chi connectivity index (χ1) is 12.6. The van der Waals surface area contributed by atoms with Crippen LogP contribution in [-0.2, 0) is 14.3 Å². The lowest BCUT2D eigenvalue weighted by molar-refractivity contribution is -0.154. The number of hydrazine groups is 1. The van der Waals surface area contributed by atoms with Crippen molar-refractivity contribution in [3.05, 3.63) is 35.9 Å². The standard InChI is InChI=1S/C20H28N2O4/c1-2-3-7-15-10-12-17(13-11-15)20(25)26-14-18(23)21-22-19(24)16-8-5-4-6-9-16/h4-6,8-9,15,17H,2-3,7,10-14H2,1H3,(H,21,23)(H,22,24). The van der Waals surface area contributed by atoms with E-state index in [0.717, 1.165) is 31.6 Å². The van der Waals surface area contributed by atoms with Gasteiger partial charge < -0.3 is 4.74 Å². The number of carbonyl (C=O) groups excluding carboxylic acids is 3. The number of amides is 2. The Morgan fingerprint density at radius 2 is 1.73 bits per heavy atom. The highest BCUT2D eigenvalue weighted by atomic mass is 16.5. The largest absolute Gasteiger partial charge is 0.455 e. The second-order valence-corrected chi connectivity index (χ2v) is 6.84. The summed E-state index contributed by atoms with van der Waals surface area (Å²) < 4.78 is 5.10. The Bertz CT molecular complexity index is 595. The molecule has 0 saturated heterocycles. The molecule has 26 heavy (non-hydrogen) atoms. The van der Waals surface area contributed by atoms with Crippen LogP contribution in [-0.4, -0.2) is 24.4 Å². The topological polar surface area (TPSA) is 84.5 Å². The lowest BCUT2D eigenvalue weighted by Crippen LogP contribution is -2.43. The summed E-state index contributed by atoms with van der Waals surface area (Å²) in [5.41, 5.74) is 4.99. The minimum absolute atomic E-state index is 0.111. The van der Waals surface area contributed by atoms with Crippen LogP contribution in [0.1, 0.15) is 62.2 Å². The zero-order valence-corrected chi connectivity index (χ0v) is 15.3. The molecule has 0 bridgehead atoms. The second kappa shape index (κ2) is 10.6. The van der Waals surface area contributed by atoms with Crippen molar-refractivity contribution < 1.29 is 19.1 Å². The molecule has 0 aliphatic heterocycles. The molecule has 0 heterocycles. The van der Waals surface area contributed by atoms with Crippen LogP contribution in [0.3, 0.4) is 0 Å². The zero-order valence-electron chi connectivity index (χ0n) is 15.3. The number of rotatable bonds is 7. The molecular weight excluding hydrogens is 332 g/mol. The van der Waals surface area contributed by atoms with Gasteiger partial charge in [-0.2, -0.15) is 0 Å². The molecule has 1 aliphatic rings. The fraction of sp³-hybridized carbons (Fsp3) is 0.550. The van der Waals surface area contributed by atoms with Gasteiger partial charge in [-0.25, -0.2) is 0 Å². The maximum Gasteiger partial charge on any atom is 0.309 e. The Morgan fingerprint density at radius 1 is 1.04 bits per heavy atom. The van der Waals surface area contributed by atoms with Crippen molar-refractivity contribution in [1.29, 1.82) is 0 Å². The monoisotopic (exact) mass is 360 g/mol. The molecule has 142 valence electrons. The molecule has 0 atom stereocenters. The molecule has 6 heteroatoms. The summed E-state index contributed by atoms with van der Waals surface area (Å²) in [6, 6.07) is 8.54. The smallest absolute Gasteiger partial charge is 0.309 e. The second-order valence-electron chi connectivity index (χ2n) is 6.84. The van der Waals surface area contributed by atoms with E-state index in [1.54, 1.807) is 30.3 Å². The van der Waals surface area contributed by atoms with E-state index in [1.165, 1.54) is 19.3 Å². The minimum Gasteiger partial charge on any atom is -0.455 e. The first-order valence-corrected chi connectivity index (χ1v) is 9.41. The van der Waals surface area contributed by atoms with Gasteiger partial charge in [0.15, 0.2) is 6.61 Å². The van der Waals surface area contributed by atoms with Gasteiger partial charge in [0.05, 0.1) is 5.92 Å². The Morgan fingerprint density at radius 3 is 2.38 bits per heavy atom. The Labute approximate surface area is 154 Å². The Balaban J connectivity index is 1.63. The summed E-state index contributed by atoms with van der Waals surface area (Å²) in [6.45, 7) is 1.81. The summed E-state index contributed by atoms with van der Waals surface area (Å²) >= 11 is 0. The van der Waals surface area contributed by atoms with Crippen LogP contribution < -0.4 is 10.9 Å². The summed E-state index contributed by atoms with van der Waals surface area (Å²) in [4.78, 5) is 35.6. The van der Waals surface area contributed by atoms with Crippen molar-refractivity contribution in [2.75, 3.05) is 6.61 Å². The van der Waals surface area contributed by atoms with Gasteiger partial charge in [0.25, 0.3) is 11.8 Å². The molecule has 0 spiro atoms. The summed E-state index contributed by atoms with van der Waals surface area (Å²) in [6.07, 6.45) is 7.46. The predicted molar refractivity (Wildman–Crippen MR) is 98.0 cm³/mol. The van der Waals surface area contributed by atoms with Gasteiger partial charge >= 0.3 is 5.97 Å². The first kappa shape index (κ1) is 19.9. The number of hydrogen-bond acceptors (Lipinski definition) is 4. The number of nitrogens with one attached hydrogen (secondary N) is 2. The third-order valence-electron chi connectivity index (χ3n) is 4.84. The zero-order chi connectivity index (χ0) is 18.8. The molecular formula is C20H28N2O4.